The van der Waals surface area contributed by atoms with E-state index < -0.39 is 81.6 Å². The summed E-state index contributed by atoms with van der Waals surface area (Å²) in [6.07, 6.45) is 3.85. The van der Waals surface area contributed by atoms with Crippen LogP contribution in [0.1, 0.15) is 97.8 Å². The number of carbonyl (C=O) groups is 2. The van der Waals surface area contributed by atoms with Gasteiger partial charge in [-0.3, -0.25) is 14.9 Å². The van der Waals surface area contributed by atoms with Gasteiger partial charge < -0.3 is 55.1 Å². The molecule has 14 heteroatoms. The average Bonchev–Trinajstić information content (AvgIpc) is 3.77. The minimum atomic E-state index is -2.88. The molecule has 2 spiro atoms. The summed E-state index contributed by atoms with van der Waals surface area (Å²) in [4.78, 5) is 30.6. The number of aliphatic hydroxyl groups is 6. The molecular weight excluding hydrogens is 759 g/mol. The lowest BCUT2D eigenvalue weighted by molar-refractivity contribution is -0.347. The van der Waals surface area contributed by atoms with E-state index in [2.05, 4.69) is 29.4 Å². The molecule has 10 aliphatic rings. The molecule has 7 fully saturated rings. The Morgan fingerprint density at radius 2 is 1.88 bits per heavy atom. The summed E-state index contributed by atoms with van der Waals surface area (Å²) in [5, 5.41) is 79.7. The lowest BCUT2D eigenvalue weighted by atomic mass is 9.34. The van der Waals surface area contributed by atoms with Crippen LogP contribution in [-0.4, -0.2) is 147 Å². The number of ether oxygens (including phenoxy) is 3. The Labute approximate surface area is 347 Å². The number of nitrogens with one attached hydrogen (secondary N) is 2. The third kappa shape index (κ3) is 6.07. The zero-order valence-electron chi connectivity index (χ0n) is 35.2. The molecule has 0 aromatic heterocycles. The normalized spacial score (nSPS) is 49.8. The molecule has 0 radical (unpaired) electrons. The number of piperidine rings is 1. The number of methoxy groups -OCH3 is 1. The van der Waals surface area contributed by atoms with Crippen LogP contribution < -0.4 is 10.6 Å². The Bertz CT molecular complexity index is 1780. The second kappa shape index (κ2) is 14.8. The molecule has 5 aliphatic carbocycles. The molecule has 8 N–H and O–H groups in total. The highest BCUT2D eigenvalue weighted by atomic mass is 16.6. The highest BCUT2D eigenvalue weighted by Crippen LogP contribution is 2.78. The molecule has 0 aromatic rings. The molecule has 0 aromatic carbocycles. The Kier molecular flexibility index (Phi) is 10.6. The first kappa shape index (κ1) is 42.3. The molecule has 59 heavy (non-hydrogen) atoms. The minimum absolute atomic E-state index is 0.0388. The average molecular weight is 826 g/mol. The topological polar surface area (TPSA) is 210 Å². The van der Waals surface area contributed by atoms with Crippen LogP contribution >= 0.6 is 0 Å². The Balaban J connectivity index is 1.16. The van der Waals surface area contributed by atoms with Crippen LogP contribution in [0.15, 0.2) is 11.6 Å². The number of carbonyl (C=O) groups excluding carboxylic acids is 2. The molecule has 3 saturated heterocycles. The van der Waals surface area contributed by atoms with E-state index in [0.717, 1.165) is 25.7 Å². The van der Waals surface area contributed by atoms with Crippen LogP contribution in [0.25, 0.3) is 0 Å². The largest absolute Gasteiger partial charge is 0.392 e. The standard InChI is InChI=1S/C45H67N3O11/c1-25(49)22-46-23-30-29-19-32-39(52)48-24-27(48)9-6-13-43-26-8-5-12-42(21-26)34(41(3,53)45(55,56)37(30)59-36(29)38(51)47-32)11-15-44(42,54)35(43)20-33(50)31-18-28(10-14-40(31,43)2)58-17-7-16-57-4/h20,25-32,34,36-38,46-47,49,51,53-56H,5,7-12,14-19,21-24H2,1-4H3. The van der Waals surface area contributed by atoms with Crippen molar-refractivity contribution < 1.29 is 54.4 Å². The van der Waals surface area contributed by atoms with E-state index in [9.17, 15) is 40.2 Å². The van der Waals surface area contributed by atoms with Crippen molar-refractivity contribution >= 4 is 11.7 Å². The SMILES string of the molecule is COCCCOC1CCC2(C)C(C1)C(=O)C=C1C3(O)CCC4C(C)(O)C(O)(O)C5OC6C(O)NC(CC6C5CNCC(C)O)C(=O)N5CC5CC#CC12C1CCCC43C1. The minimum Gasteiger partial charge on any atom is -0.392 e. The number of fused-ring (bicyclic) bond motifs is 3. The summed E-state index contributed by atoms with van der Waals surface area (Å²) in [6, 6.07) is -0.874. The number of amides is 1. The van der Waals surface area contributed by atoms with Gasteiger partial charge in [0.25, 0.3) is 0 Å². The Hall–Kier alpha value is -2.00. The smallest absolute Gasteiger partial charge is 0.240 e. The third-order valence-electron chi connectivity index (χ3n) is 17.6. The van der Waals surface area contributed by atoms with Crippen molar-refractivity contribution in [3.05, 3.63) is 11.6 Å². The maximum Gasteiger partial charge on any atom is 0.240 e. The number of ketones is 1. The highest BCUT2D eigenvalue weighted by Gasteiger charge is 2.79. The summed E-state index contributed by atoms with van der Waals surface area (Å²) in [7, 11) is 1.67. The van der Waals surface area contributed by atoms with Gasteiger partial charge in [0.2, 0.25) is 11.7 Å². The number of rotatable bonds is 9. The van der Waals surface area contributed by atoms with Gasteiger partial charge in [0, 0.05) is 69.5 Å². The van der Waals surface area contributed by atoms with Crippen LogP contribution in [0.5, 0.6) is 0 Å². The molecule has 4 saturated carbocycles. The summed E-state index contributed by atoms with van der Waals surface area (Å²) < 4.78 is 18.0. The number of aliphatic hydroxyl groups excluding tert-OH is 2. The number of allylic oxidation sites excluding steroid dienone is 1. The van der Waals surface area contributed by atoms with E-state index in [0.29, 0.717) is 57.4 Å². The molecule has 5 heterocycles. The molecule has 8 bridgehead atoms. The van der Waals surface area contributed by atoms with Crippen molar-refractivity contribution in [3.8, 4) is 11.8 Å². The van der Waals surface area contributed by atoms with Crippen LogP contribution in [-0.2, 0) is 23.8 Å². The summed E-state index contributed by atoms with van der Waals surface area (Å²) in [5.41, 5.74) is -5.67. The van der Waals surface area contributed by atoms with Gasteiger partial charge in [-0.15, -0.1) is 5.92 Å². The van der Waals surface area contributed by atoms with E-state index in [1.165, 1.54) is 6.92 Å². The lowest BCUT2D eigenvalue weighted by Gasteiger charge is -2.69. The van der Waals surface area contributed by atoms with E-state index in [-0.39, 0.29) is 68.0 Å². The number of nitrogens with zero attached hydrogens (tertiary/aromatic N) is 1. The van der Waals surface area contributed by atoms with Gasteiger partial charge in [-0.05, 0) is 107 Å². The zero-order chi connectivity index (χ0) is 41.9. The van der Waals surface area contributed by atoms with E-state index >= 15 is 0 Å². The fourth-order valence-electron chi connectivity index (χ4n) is 14.7. The monoisotopic (exact) mass is 825 g/mol. The zero-order valence-corrected chi connectivity index (χ0v) is 35.2. The number of hydrogen-bond donors (Lipinski definition) is 8. The fourth-order valence-corrected chi connectivity index (χ4v) is 14.7. The maximum absolute atomic E-state index is 14.7. The Morgan fingerprint density at radius 1 is 1.08 bits per heavy atom. The fraction of sp³-hybridized carbons (Fsp3) is 0.867. The third-order valence-corrected chi connectivity index (χ3v) is 17.6. The van der Waals surface area contributed by atoms with Crippen molar-refractivity contribution in [3.63, 3.8) is 0 Å². The molecule has 17 atom stereocenters. The lowest BCUT2D eigenvalue weighted by Crippen LogP contribution is -2.72. The van der Waals surface area contributed by atoms with Crippen LogP contribution in [0.3, 0.4) is 0 Å². The molecule has 1 amide bonds. The van der Waals surface area contributed by atoms with E-state index in [1.54, 1.807) is 25.0 Å². The van der Waals surface area contributed by atoms with E-state index in [4.69, 9.17) is 14.2 Å². The van der Waals surface area contributed by atoms with Gasteiger partial charge in [-0.2, -0.15) is 0 Å². The first-order valence-corrected chi connectivity index (χ1v) is 22.5. The highest BCUT2D eigenvalue weighted by molar-refractivity contribution is 5.96. The van der Waals surface area contributed by atoms with Crippen molar-refractivity contribution in [1.82, 2.24) is 15.5 Å². The molecular formula is C45H67N3O11. The van der Waals surface area contributed by atoms with Gasteiger partial charge in [-0.25, -0.2) is 0 Å². The van der Waals surface area contributed by atoms with Gasteiger partial charge in [0.15, 0.2) is 5.78 Å². The maximum atomic E-state index is 14.7. The molecule has 10 rings (SSSR count). The second-order valence-corrected chi connectivity index (χ2v) is 20.5. The second-order valence-electron chi connectivity index (χ2n) is 20.5. The van der Waals surface area contributed by atoms with Crippen molar-refractivity contribution in [2.45, 2.75) is 158 Å². The molecule has 5 aliphatic heterocycles. The van der Waals surface area contributed by atoms with Crippen LogP contribution in [0.2, 0.25) is 0 Å². The first-order valence-electron chi connectivity index (χ1n) is 22.5. The van der Waals surface area contributed by atoms with Crippen LogP contribution in [0.4, 0.5) is 0 Å². The summed E-state index contributed by atoms with van der Waals surface area (Å²) in [5.74, 6) is 1.89. The Morgan fingerprint density at radius 3 is 2.64 bits per heavy atom. The van der Waals surface area contributed by atoms with Gasteiger partial charge in [0.05, 0.1) is 35.3 Å². The summed E-state index contributed by atoms with van der Waals surface area (Å²) >= 11 is 0. The van der Waals surface area contributed by atoms with Gasteiger partial charge in [-0.1, -0.05) is 19.3 Å². The summed E-state index contributed by atoms with van der Waals surface area (Å²) in [6.45, 7) is 7.34. The van der Waals surface area contributed by atoms with E-state index in [1.807, 2.05) is 0 Å². The molecule has 328 valence electrons. The molecule has 14 nitrogen and oxygen atoms in total. The quantitative estimate of drug-likeness (QED) is 0.0700. The molecule has 17 unspecified atom stereocenters. The van der Waals surface area contributed by atoms with Crippen LogP contribution in [0, 0.1) is 57.7 Å². The predicted octanol–water partition coefficient (Wildman–Crippen LogP) is 0.742. The van der Waals surface area contributed by atoms with Crippen molar-refractivity contribution in [2.75, 3.05) is 40.0 Å². The predicted molar refractivity (Wildman–Crippen MR) is 213 cm³/mol. The van der Waals surface area contributed by atoms with Gasteiger partial charge >= 0.3 is 0 Å². The van der Waals surface area contributed by atoms with Gasteiger partial charge in [0.1, 0.15) is 24.0 Å². The number of hydrogen-bond acceptors (Lipinski definition) is 13. The van der Waals surface area contributed by atoms with Crippen molar-refractivity contribution in [1.29, 1.82) is 0 Å². The van der Waals surface area contributed by atoms with Crippen molar-refractivity contribution in [2.24, 2.45) is 45.8 Å². The first-order chi connectivity index (χ1) is 28.0.